The molecule has 112 valence electrons. The molecule has 0 spiro atoms. The molecule has 0 fully saturated rings. The Labute approximate surface area is 115 Å². The van der Waals surface area contributed by atoms with Crippen molar-refractivity contribution >= 4 is 12.1 Å². The van der Waals surface area contributed by atoms with Crippen molar-refractivity contribution in [1.82, 2.24) is 10.6 Å². The molecule has 0 aliphatic heterocycles. The van der Waals surface area contributed by atoms with Crippen molar-refractivity contribution in [2.45, 2.75) is 52.7 Å². The van der Waals surface area contributed by atoms with Crippen LogP contribution in [-0.2, 0) is 14.3 Å². The predicted octanol–water partition coefficient (Wildman–Crippen LogP) is 1.44. The van der Waals surface area contributed by atoms with Crippen molar-refractivity contribution in [3.05, 3.63) is 0 Å². The Balaban J connectivity index is 3.60. The summed E-state index contributed by atoms with van der Waals surface area (Å²) in [6, 6.07) is -0.332. The van der Waals surface area contributed by atoms with Crippen LogP contribution in [0.2, 0.25) is 0 Å². The average molecular weight is 274 g/mol. The first-order valence-electron chi connectivity index (χ1n) is 6.63. The number of rotatable bonds is 7. The second-order valence-corrected chi connectivity index (χ2v) is 5.21. The highest BCUT2D eigenvalue weighted by Gasteiger charge is 2.15. The number of amides is 1. The van der Waals surface area contributed by atoms with Gasteiger partial charge >= 0.3 is 12.1 Å². The molecule has 0 aromatic heterocycles. The largest absolute Gasteiger partial charge is 0.465 e. The van der Waals surface area contributed by atoms with Gasteiger partial charge in [-0.15, -0.1) is 0 Å². The topological polar surface area (TPSA) is 76.7 Å². The molecule has 0 aliphatic rings. The van der Waals surface area contributed by atoms with Crippen LogP contribution in [0.3, 0.4) is 0 Å². The molecule has 0 saturated heterocycles. The zero-order valence-corrected chi connectivity index (χ0v) is 12.5. The summed E-state index contributed by atoms with van der Waals surface area (Å²) >= 11 is 0. The number of ether oxygens (including phenoxy) is 2. The summed E-state index contributed by atoms with van der Waals surface area (Å²) in [5.74, 6) is -0.261. The van der Waals surface area contributed by atoms with Crippen molar-refractivity contribution in [3.8, 4) is 0 Å². The first-order valence-corrected chi connectivity index (χ1v) is 6.63. The van der Waals surface area contributed by atoms with Gasteiger partial charge in [0.15, 0.2) is 0 Å². The maximum atomic E-state index is 11.3. The number of hydrogen-bond donors (Lipinski definition) is 2. The van der Waals surface area contributed by atoms with Crippen LogP contribution in [0.5, 0.6) is 0 Å². The van der Waals surface area contributed by atoms with Gasteiger partial charge < -0.3 is 20.1 Å². The zero-order chi connectivity index (χ0) is 14.9. The molecular weight excluding hydrogens is 248 g/mol. The van der Waals surface area contributed by atoms with E-state index in [9.17, 15) is 9.59 Å². The van der Waals surface area contributed by atoms with Gasteiger partial charge in [0.05, 0.1) is 6.61 Å². The number of nitrogens with one attached hydrogen (secondary N) is 2. The van der Waals surface area contributed by atoms with Gasteiger partial charge in [0.1, 0.15) is 11.6 Å². The van der Waals surface area contributed by atoms with Crippen LogP contribution < -0.4 is 10.6 Å². The van der Waals surface area contributed by atoms with Crippen LogP contribution in [-0.4, -0.2) is 43.4 Å². The maximum absolute atomic E-state index is 11.3. The molecule has 0 radical (unpaired) electrons. The van der Waals surface area contributed by atoms with E-state index in [0.29, 0.717) is 26.1 Å². The van der Waals surface area contributed by atoms with Gasteiger partial charge in [-0.25, -0.2) is 4.79 Å². The molecule has 0 aromatic rings. The monoisotopic (exact) mass is 274 g/mol. The lowest BCUT2D eigenvalue weighted by atomic mass is 10.2. The van der Waals surface area contributed by atoms with E-state index in [0.717, 1.165) is 0 Å². The lowest BCUT2D eigenvalue weighted by molar-refractivity contribution is -0.145. The Morgan fingerprint density at radius 2 is 1.84 bits per heavy atom. The summed E-state index contributed by atoms with van der Waals surface area (Å²) in [5, 5.41) is 5.67. The molecule has 1 amide bonds. The third kappa shape index (κ3) is 10.3. The number of hydrogen-bond acceptors (Lipinski definition) is 5. The normalized spacial score (nSPS) is 12.7. The minimum atomic E-state index is -0.485. The highest BCUT2D eigenvalue weighted by atomic mass is 16.6. The van der Waals surface area contributed by atoms with Crippen LogP contribution in [0.15, 0.2) is 0 Å². The molecule has 0 aliphatic carbocycles. The second-order valence-electron chi connectivity index (χ2n) is 5.21. The molecule has 0 saturated carbocycles. The Hall–Kier alpha value is -1.30. The predicted molar refractivity (Wildman–Crippen MR) is 73.0 cm³/mol. The number of carbonyl (C=O) groups excluding carboxylic acids is 2. The third-order valence-electron chi connectivity index (χ3n) is 2.11. The molecule has 0 aromatic carbocycles. The van der Waals surface area contributed by atoms with E-state index in [-0.39, 0.29) is 12.0 Å². The first kappa shape index (κ1) is 17.7. The van der Waals surface area contributed by atoms with Gasteiger partial charge in [-0.1, -0.05) is 0 Å². The fourth-order valence-corrected chi connectivity index (χ4v) is 1.26. The van der Waals surface area contributed by atoms with Crippen LogP contribution in [0.1, 0.15) is 41.0 Å². The minimum absolute atomic E-state index is 0.261. The van der Waals surface area contributed by atoms with Crippen molar-refractivity contribution < 1.29 is 19.1 Å². The molecule has 1 unspecified atom stereocenters. The Morgan fingerprint density at radius 1 is 1.21 bits per heavy atom. The van der Waals surface area contributed by atoms with Gasteiger partial charge in [-0.3, -0.25) is 4.79 Å². The third-order valence-corrected chi connectivity index (χ3v) is 2.11. The van der Waals surface area contributed by atoms with Crippen molar-refractivity contribution in [3.63, 3.8) is 0 Å². The summed E-state index contributed by atoms with van der Waals surface area (Å²) in [6.45, 7) is 10.5. The molecule has 0 heterocycles. The van der Waals surface area contributed by atoms with E-state index in [2.05, 4.69) is 10.6 Å². The van der Waals surface area contributed by atoms with Gasteiger partial charge in [0, 0.05) is 6.54 Å². The Bertz CT molecular complexity index is 287. The van der Waals surface area contributed by atoms with Gasteiger partial charge in [0.25, 0.3) is 0 Å². The smallest absolute Gasteiger partial charge is 0.407 e. The van der Waals surface area contributed by atoms with Crippen LogP contribution in [0.25, 0.3) is 0 Å². The highest BCUT2D eigenvalue weighted by Crippen LogP contribution is 2.06. The van der Waals surface area contributed by atoms with Crippen LogP contribution >= 0.6 is 0 Å². The maximum Gasteiger partial charge on any atom is 0.407 e. The van der Waals surface area contributed by atoms with E-state index in [4.69, 9.17) is 9.47 Å². The van der Waals surface area contributed by atoms with Gasteiger partial charge in [0.2, 0.25) is 0 Å². The van der Waals surface area contributed by atoms with E-state index in [1.54, 1.807) is 13.8 Å². The summed E-state index contributed by atoms with van der Waals surface area (Å²) in [5.41, 5.74) is -0.485. The summed E-state index contributed by atoms with van der Waals surface area (Å²) in [4.78, 5) is 22.6. The zero-order valence-electron chi connectivity index (χ0n) is 12.5. The lowest BCUT2D eigenvalue weighted by Crippen LogP contribution is -2.38. The number of esters is 1. The van der Waals surface area contributed by atoms with E-state index in [1.165, 1.54) is 0 Å². The van der Waals surface area contributed by atoms with Crippen LogP contribution in [0.4, 0.5) is 4.79 Å². The molecule has 6 nitrogen and oxygen atoms in total. The molecule has 19 heavy (non-hydrogen) atoms. The Morgan fingerprint density at radius 3 is 2.37 bits per heavy atom. The van der Waals surface area contributed by atoms with Crippen molar-refractivity contribution in [2.24, 2.45) is 0 Å². The standard InChI is InChI=1S/C13H26N2O4/c1-6-18-11(16)10(2)14-8-7-9-15-12(17)19-13(3,4)5/h10,14H,6-9H2,1-5H3,(H,15,17). The molecule has 1 atom stereocenters. The second kappa shape index (κ2) is 8.74. The van der Waals surface area contributed by atoms with Crippen LogP contribution in [0, 0.1) is 0 Å². The van der Waals surface area contributed by atoms with E-state index in [1.807, 2.05) is 20.8 Å². The van der Waals surface area contributed by atoms with Crippen molar-refractivity contribution in [1.29, 1.82) is 0 Å². The van der Waals surface area contributed by atoms with Gasteiger partial charge in [-0.05, 0) is 47.6 Å². The SMILES string of the molecule is CCOC(=O)C(C)NCCCNC(=O)OC(C)(C)C. The minimum Gasteiger partial charge on any atom is -0.465 e. The Kier molecular flexibility index (Phi) is 8.14. The number of carbonyl (C=O) groups is 2. The summed E-state index contributed by atoms with van der Waals surface area (Å²) in [6.07, 6.45) is 0.286. The fourth-order valence-electron chi connectivity index (χ4n) is 1.26. The molecule has 0 bridgehead atoms. The molecule has 6 heteroatoms. The fraction of sp³-hybridized carbons (Fsp3) is 0.846. The molecule has 0 rings (SSSR count). The van der Waals surface area contributed by atoms with Gasteiger partial charge in [-0.2, -0.15) is 0 Å². The summed E-state index contributed by atoms with van der Waals surface area (Å²) < 4.78 is 9.95. The van der Waals surface area contributed by atoms with Crippen molar-refractivity contribution in [2.75, 3.05) is 19.7 Å². The van der Waals surface area contributed by atoms with E-state index >= 15 is 0 Å². The quantitative estimate of drug-likeness (QED) is 0.542. The summed E-state index contributed by atoms with van der Waals surface area (Å²) in [7, 11) is 0. The highest BCUT2D eigenvalue weighted by molar-refractivity contribution is 5.75. The number of alkyl carbamates (subject to hydrolysis) is 1. The van der Waals surface area contributed by atoms with E-state index < -0.39 is 11.7 Å². The lowest BCUT2D eigenvalue weighted by Gasteiger charge is -2.19. The molecular formula is C13H26N2O4. The first-order chi connectivity index (χ1) is 8.76. The molecule has 2 N–H and O–H groups in total. The average Bonchev–Trinajstić information content (AvgIpc) is 2.26.